The van der Waals surface area contributed by atoms with Crippen molar-refractivity contribution in [2.24, 2.45) is 0 Å². The largest absolute Gasteiger partial charge is 1.00 e. The minimum Gasteiger partial charge on any atom is -0.907 e. The minimum absolute atomic E-state index is 0. The molecule has 16 heavy (non-hydrogen) atoms. The summed E-state index contributed by atoms with van der Waals surface area (Å²) in [6, 6.07) is 10.5. The van der Waals surface area contributed by atoms with Crippen molar-refractivity contribution >= 4 is 7.32 Å². The van der Waals surface area contributed by atoms with Gasteiger partial charge in [0.05, 0.1) is 0 Å². The van der Waals surface area contributed by atoms with Crippen molar-refractivity contribution in [3.8, 4) is 0 Å². The molecule has 1 aromatic rings. The maximum atomic E-state index is 8.42. The van der Waals surface area contributed by atoms with Gasteiger partial charge in [-0.2, -0.15) is 0 Å². The van der Waals surface area contributed by atoms with E-state index < -0.39 is 7.32 Å². The molecule has 7 heteroatoms. The first-order valence-corrected chi connectivity index (χ1v) is 4.06. The van der Waals surface area contributed by atoms with Gasteiger partial charge in [-0.15, -0.1) is 0 Å². The number of hydrogen-bond donors (Lipinski definition) is 0. The Bertz CT molecular complexity index is 220. The van der Waals surface area contributed by atoms with Crippen LogP contribution in [0.5, 0.6) is 0 Å². The van der Waals surface area contributed by atoms with E-state index in [9.17, 15) is 0 Å². The molecule has 0 unspecified atom stereocenters. The average Bonchev–Trinajstić information content (AvgIpc) is 2.05. The first-order chi connectivity index (χ1) is 6.04. The Labute approximate surface area is 226 Å². The Balaban J connectivity index is -0.0000000921. The van der Waals surface area contributed by atoms with Gasteiger partial charge in [-0.3, -0.25) is 7.32 Å². The van der Waals surface area contributed by atoms with Crippen molar-refractivity contribution in [2.75, 3.05) is 0 Å². The molecule has 0 N–H and O–H groups in total. The molecular weight excluding hydrogens is 284 g/mol. The Morgan fingerprint density at radius 3 is 1.38 bits per heavy atom. The summed E-state index contributed by atoms with van der Waals surface area (Å²) in [5.41, 5.74) is 1.41. The van der Waals surface area contributed by atoms with Crippen molar-refractivity contribution in [3.63, 3.8) is 0 Å². The third-order valence-electron chi connectivity index (χ3n) is 1.47. The minimum atomic E-state index is -2.92. The molecular formula is C9H12BK3O3. The molecule has 0 heterocycles. The number of benzene rings is 1. The van der Waals surface area contributed by atoms with E-state index in [0.29, 0.717) is 5.92 Å². The molecule has 0 amide bonds. The Hall–Kier alpha value is 4.07. The van der Waals surface area contributed by atoms with Crippen molar-refractivity contribution in [3.05, 3.63) is 35.9 Å². The fourth-order valence-corrected chi connectivity index (χ4v) is 0.838. The summed E-state index contributed by atoms with van der Waals surface area (Å²) in [4.78, 5) is 0. The zero-order valence-electron chi connectivity index (χ0n) is 10.8. The molecule has 0 radical (unpaired) electrons. The molecule has 0 spiro atoms. The van der Waals surface area contributed by atoms with Gasteiger partial charge in [0.15, 0.2) is 0 Å². The molecule has 3 nitrogen and oxygen atoms in total. The van der Waals surface area contributed by atoms with E-state index in [1.54, 1.807) is 0 Å². The van der Waals surface area contributed by atoms with E-state index in [1.165, 1.54) is 5.56 Å². The standard InChI is InChI=1S/C9H12.BO3.3K/c1-8(2)9-6-4-3-5-7-9;2-1(3)4;;;/h3-8H,1-2H3;;;;/q;-3;3*+1. The second kappa shape index (κ2) is 19.1. The molecule has 1 aromatic carbocycles. The molecule has 0 saturated heterocycles. The predicted octanol–water partition coefficient (Wildman–Crippen LogP) is -10.1. The van der Waals surface area contributed by atoms with E-state index in [0.717, 1.165) is 0 Å². The number of hydrogen-bond acceptors (Lipinski definition) is 3. The van der Waals surface area contributed by atoms with Crippen molar-refractivity contribution < 1.29 is 169 Å². The Morgan fingerprint density at radius 1 is 0.875 bits per heavy atom. The maximum Gasteiger partial charge on any atom is 1.00 e. The summed E-state index contributed by atoms with van der Waals surface area (Å²) >= 11 is 0. The fourth-order valence-electron chi connectivity index (χ4n) is 0.838. The van der Waals surface area contributed by atoms with Crippen molar-refractivity contribution in [1.29, 1.82) is 0 Å². The first kappa shape index (κ1) is 28.3. The topological polar surface area (TPSA) is 69.2 Å². The summed E-state index contributed by atoms with van der Waals surface area (Å²) in [6.45, 7) is 4.41. The van der Waals surface area contributed by atoms with Crippen molar-refractivity contribution in [2.45, 2.75) is 19.8 Å². The smallest absolute Gasteiger partial charge is 0.907 e. The van der Waals surface area contributed by atoms with Crippen LogP contribution in [-0.4, -0.2) is 7.32 Å². The van der Waals surface area contributed by atoms with Crippen LogP contribution in [0.15, 0.2) is 30.3 Å². The SMILES string of the molecule is CC(C)c1ccccc1.[K+].[K+].[K+].[O-]B([O-])[O-]. The third kappa shape index (κ3) is 20.4. The fraction of sp³-hybridized carbons (Fsp3) is 0.333. The van der Waals surface area contributed by atoms with Crippen LogP contribution in [0.2, 0.25) is 0 Å². The number of rotatable bonds is 1. The molecule has 0 bridgehead atoms. The normalized spacial score (nSPS) is 7.38. The quantitative estimate of drug-likeness (QED) is 0.483. The summed E-state index contributed by atoms with van der Waals surface area (Å²) in [5, 5.41) is 25.2. The van der Waals surface area contributed by atoms with Crippen LogP contribution in [0, 0.1) is 0 Å². The molecule has 0 fully saturated rings. The van der Waals surface area contributed by atoms with E-state index >= 15 is 0 Å². The zero-order chi connectivity index (χ0) is 10.3. The van der Waals surface area contributed by atoms with E-state index in [-0.39, 0.29) is 154 Å². The monoisotopic (exact) mass is 296 g/mol. The van der Waals surface area contributed by atoms with Gasteiger partial charge in [-0.05, 0) is 11.5 Å². The van der Waals surface area contributed by atoms with Crippen LogP contribution in [0.1, 0.15) is 25.3 Å². The Kier molecular flexibility index (Phi) is 33.7. The second-order valence-electron chi connectivity index (χ2n) is 2.85. The maximum absolute atomic E-state index is 8.42. The van der Waals surface area contributed by atoms with Crippen LogP contribution in [0.4, 0.5) is 0 Å². The van der Waals surface area contributed by atoms with Gasteiger partial charge in [0.1, 0.15) is 0 Å². The second-order valence-corrected chi connectivity index (χ2v) is 2.85. The average molecular weight is 296 g/mol. The van der Waals surface area contributed by atoms with E-state index in [2.05, 4.69) is 38.1 Å². The van der Waals surface area contributed by atoms with Crippen LogP contribution in [-0.2, 0) is 0 Å². The van der Waals surface area contributed by atoms with Crippen molar-refractivity contribution in [1.82, 2.24) is 0 Å². The molecule has 72 valence electrons. The zero-order valence-corrected chi connectivity index (χ0v) is 20.1. The summed E-state index contributed by atoms with van der Waals surface area (Å²) in [5.74, 6) is 0.659. The molecule has 0 aliphatic rings. The van der Waals surface area contributed by atoms with Crippen LogP contribution in [0.3, 0.4) is 0 Å². The predicted molar refractivity (Wildman–Crippen MR) is 46.3 cm³/mol. The van der Waals surface area contributed by atoms with Gasteiger partial charge < -0.3 is 15.1 Å². The van der Waals surface area contributed by atoms with Gasteiger partial charge in [0.25, 0.3) is 0 Å². The van der Waals surface area contributed by atoms with Gasteiger partial charge >= 0.3 is 154 Å². The van der Waals surface area contributed by atoms with E-state index in [1.807, 2.05) is 6.07 Å². The summed E-state index contributed by atoms with van der Waals surface area (Å²) < 4.78 is 0. The van der Waals surface area contributed by atoms with Crippen LogP contribution >= 0.6 is 0 Å². The van der Waals surface area contributed by atoms with Gasteiger partial charge in [0, 0.05) is 0 Å². The Morgan fingerprint density at radius 2 is 1.19 bits per heavy atom. The summed E-state index contributed by atoms with van der Waals surface area (Å²) in [6.07, 6.45) is 0. The van der Waals surface area contributed by atoms with Gasteiger partial charge in [-0.25, -0.2) is 0 Å². The van der Waals surface area contributed by atoms with Crippen LogP contribution in [0.25, 0.3) is 0 Å². The summed E-state index contributed by atoms with van der Waals surface area (Å²) in [7, 11) is -2.92. The van der Waals surface area contributed by atoms with Gasteiger partial charge in [0.2, 0.25) is 0 Å². The van der Waals surface area contributed by atoms with Crippen LogP contribution < -0.4 is 169 Å². The molecule has 1 rings (SSSR count). The molecule has 0 aromatic heterocycles. The molecule has 0 saturated carbocycles. The molecule has 0 atom stereocenters. The third-order valence-corrected chi connectivity index (χ3v) is 1.47. The molecule has 0 aliphatic carbocycles. The molecule has 0 aliphatic heterocycles. The van der Waals surface area contributed by atoms with E-state index in [4.69, 9.17) is 15.1 Å². The van der Waals surface area contributed by atoms with Gasteiger partial charge in [-0.1, -0.05) is 44.2 Å². The first-order valence-electron chi connectivity index (χ1n) is 4.06.